The third kappa shape index (κ3) is 3.72. The van der Waals surface area contributed by atoms with Gasteiger partial charge in [-0.05, 0) is 37.0 Å². The van der Waals surface area contributed by atoms with E-state index in [2.05, 4.69) is 0 Å². The molecule has 1 aromatic rings. The number of hydrogen-bond donors (Lipinski definition) is 0. The van der Waals surface area contributed by atoms with Crippen LogP contribution in [0.25, 0.3) is 5.57 Å². The van der Waals surface area contributed by atoms with E-state index in [0.717, 1.165) is 0 Å². The maximum atomic E-state index is 13.7. The molecule has 0 spiro atoms. The van der Waals surface area contributed by atoms with Gasteiger partial charge in [0.05, 0.1) is 5.57 Å². The summed E-state index contributed by atoms with van der Waals surface area (Å²) in [6.45, 7) is 5.36. The molecule has 6 heteroatoms. The Kier molecular flexibility index (Phi) is 5.85. The van der Waals surface area contributed by atoms with E-state index in [-0.39, 0.29) is 23.1 Å². The first-order valence-corrected chi connectivity index (χ1v) is 6.83. The molecule has 0 nitrogen and oxygen atoms in total. The van der Waals surface area contributed by atoms with Crippen molar-refractivity contribution >= 4 is 5.57 Å². The molecular weight excluding hydrogens is 306 g/mol. The van der Waals surface area contributed by atoms with E-state index in [0.29, 0.717) is 6.08 Å². The summed E-state index contributed by atoms with van der Waals surface area (Å²) in [7, 11) is 0. The summed E-state index contributed by atoms with van der Waals surface area (Å²) >= 11 is 0. The third-order valence-electron chi connectivity index (χ3n) is 3.20. The highest BCUT2D eigenvalue weighted by molar-refractivity contribution is 5.70. The maximum Gasteiger partial charge on any atom is 0.415 e. The standard InChI is InChI=1S/C14H10F6.C2H6/c1-7-2-4-9(13(17)12(7)16)8-3-5-10(11(15)6-8)14(18,19)20;1-2/h2,4,6H,3,5H2,1H3;1-2H3. The fourth-order valence-electron chi connectivity index (χ4n) is 2.07. The van der Waals surface area contributed by atoms with Crippen LogP contribution in [0.1, 0.15) is 37.8 Å². The lowest BCUT2D eigenvalue weighted by molar-refractivity contribution is -0.0957. The van der Waals surface area contributed by atoms with Gasteiger partial charge in [-0.2, -0.15) is 13.2 Å². The Labute approximate surface area is 125 Å². The number of rotatable bonds is 1. The average Bonchev–Trinajstić information content (AvgIpc) is 2.45. The molecule has 2 rings (SSSR count). The smallest absolute Gasteiger partial charge is 0.207 e. The molecule has 0 bridgehead atoms. The molecule has 0 saturated carbocycles. The summed E-state index contributed by atoms with van der Waals surface area (Å²) in [5.74, 6) is -3.69. The van der Waals surface area contributed by atoms with Crippen LogP contribution < -0.4 is 0 Å². The lowest BCUT2D eigenvalue weighted by atomic mass is 9.91. The Bertz CT molecular complexity index is 608. The van der Waals surface area contributed by atoms with Gasteiger partial charge in [-0.25, -0.2) is 13.2 Å². The van der Waals surface area contributed by atoms with Crippen LogP contribution in [-0.4, -0.2) is 6.18 Å². The van der Waals surface area contributed by atoms with Gasteiger partial charge in [0.15, 0.2) is 11.6 Å². The van der Waals surface area contributed by atoms with Crippen molar-refractivity contribution in [3.63, 3.8) is 0 Å². The van der Waals surface area contributed by atoms with E-state index in [9.17, 15) is 26.3 Å². The van der Waals surface area contributed by atoms with E-state index in [1.807, 2.05) is 13.8 Å². The molecule has 0 atom stereocenters. The minimum atomic E-state index is -4.75. The predicted molar refractivity (Wildman–Crippen MR) is 73.8 cm³/mol. The number of halogens is 6. The molecular formula is C16H16F6. The highest BCUT2D eigenvalue weighted by atomic mass is 19.4. The molecule has 1 aromatic carbocycles. The summed E-state index contributed by atoms with van der Waals surface area (Å²) in [5, 5.41) is 0. The van der Waals surface area contributed by atoms with Gasteiger partial charge < -0.3 is 0 Å². The summed E-state index contributed by atoms with van der Waals surface area (Å²) in [6.07, 6.45) is -4.90. The molecule has 122 valence electrons. The van der Waals surface area contributed by atoms with Crippen LogP contribution in [0, 0.1) is 18.6 Å². The van der Waals surface area contributed by atoms with Gasteiger partial charge in [0.2, 0.25) is 0 Å². The molecule has 0 heterocycles. The Hall–Kier alpha value is -1.72. The normalized spacial score (nSPS) is 15.2. The second kappa shape index (κ2) is 7.03. The first kappa shape index (κ1) is 18.3. The van der Waals surface area contributed by atoms with Gasteiger partial charge in [0.25, 0.3) is 0 Å². The fourth-order valence-corrected chi connectivity index (χ4v) is 2.07. The van der Waals surface area contributed by atoms with Crippen LogP contribution >= 0.6 is 0 Å². The van der Waals surface area contributed by atoms with Crippen molar-refractivity contribution in [1.29, 1.82) is 0 Å². The molecule has 0 aliphatic heterocycles. The highest BCUT2D eigenvalue weighted by Crippen LogP contribution is 2.40. The molecule has 1 aliphatic rings. The van der Waals surface area contributed by atoms with Gasteiger partial charge >= 0.3 is 6.18 Å². The van der Waals surface area contributed by atoms with Crippen LogP contribution in [0.4, 0.5) is 26.3 Å². The average molecular weight is 322 g/mol. The van der Waals surface area contributed by atoms with Gasteiger partial charge in [-0.15, -0.1) is 0 Å². The first-order chi connectivity index (χ1) is 10.2. The van der Waals surface area contributed by atoms with Crippen molar-refractivity contribution in [2.75, 3.05) is 0 Å². The SMILES string of the molecule is CC.Cc1ccc(C2=CC(F)=C(C(F)(F)F)CC2)c(F)c1F. The van der Waals surface area contributed by atoms with E-state index < -0.39 is 35.6 Å². The molecule has 0 N–H and O–H groups in total. The van der Waals surface area contributed by atoms with E-state index in [4.69, 9.17) is 0 Å². The molecule has 0 unspecified atom stereocenters. The number of allylic oxidation sites excluding steroid dienone is 4. The van der Waals surface area contributed by atoms with Gasteiger partial charge in [0.1, 0.15) is 5.83 Å². The summed E-state index contributed by atoms with van der Waals surface area (Å²) < 4.78 is 78.0. The maximum absolute atomic E-state index is 13.7. The Morgan fingerprint density at radius 1 is 0.909 bits per heavy atom. The zero-order valence-corrected chi connectivity index (χ0v) is 12.4. The van der Waals surface area contributed by atoms with Crippen molar-refractivity contribution < 1.29 is 26.3 Å². The number of aryl methyl sites for hydroxylation is 1. The van der Waals surface area contributed by atoms with E-state index >= 15 is 0 Å². The fraction of sp³-hybridized carbons (Fsp3) is 0.375. The van der Waals surface area contributed by atoms with Crippen LogP contribution in [-0.2, 0) is 0 Å². The zero-order chi connectivity index (χ0) is 17.1. The summed E-state index contributed by atoms with van der Waals surface area (Å²) in [4.78, 5) is 0. The number of benzene rings is 1. The number of hydrogen-bond acceptors (Lipinski definition) is 0. The molecule has 0 fully saturated rings. The molecule has 0 amide bonds. The Morgan fingerprint density at radius 3 is 2.00 bits per heavy atom. The van der Waals surface area contributed by atoms with Crippen molar-refractivity contribution in [1.82, 2.24) is 0 Å². The topological polar surface area (TPSA) is 0 Å². The molecule has 22 heavy (non-hydrogen) atoms. The molecule has 0 radical (unpaired) electrons. The van der Waals surface area contributed by atoms with Crippen LogP contribution in [0.15, 0.2) is 29.6 Å². The third-order valence-corrected chi connectivity index (χ3v) is 3.20. The molecule has 0 saturated heterocycles. The van der Waals surface area contributed by atoms with Crippen molar-refractivity contribution in [2.45, 2.75) is 39.8 Å². The Balaban J connectivity index is 0.00000116. The lowest BCUT2D eigenvalue weighted by Gasteiger charge is -2.19. The molecule has 1 aliphatic carbocycles. The molecule has 0 aromatic heterocycles. The minimum Gasteiger partial charge on any atom is -0.207 e. The van der Waals surface area contributed by atoms with Crippen molar-refractivity contribution in [2.24, 2.45) is 0 Å². The number of alkyl halides is 3. The predicted octanol–water partition coefficient (Wildman–Crippen LogP) is 6.26. The monoisotopic (exact) mass is 322 g/mol. The zero-order valence-electron chi connectivity index (χ0n) is 12.4. The largest absolute Gasteiger partial charge is 0.415 e. The Morgan fingerprint density at radius 2 is 1.50 bits per heavy atom. The second-order valence-electron chi connectivity index (χ2n) is 4.55. The van der Waals surface area contributed by atoms with Crippen LogP contribution in [0.3, 0.4) is 0 Å². The van der Waals surface area contributed by atoms with Crippen LogP contribution in [0.2, 0.25) is 0 Å². The van der Waals surface area contributed by atoms with Gasteiger partial charge in [-0.3, -0.25) is 0 Å². The summed E-state index contributed by atoms with van der Waals surface area (Å²) in [5.41, 5.74) is -1.37. The van der Waals surface area contributed by atoms with E-state index in [1.165, 1.54) is 19.1 Å². The van der Waals surface area contributed by atoms with Gasteiger partial charge in [0, 0.05) is 5.56 Å². The van der Waals surface area contributed by atoms with Crippen molar-refractivity contribution in [3.8, 4) is 0 Å². The lowest BCUT2D eigenvalue weighted by Crippen LogP contribution is -2.15. The second-order valence-corrected chi connectivity index (χ2v) is 4.55. The van der Waals surface area contributed by atoms with Gasteiger partial charge in [-0.1, -0.05) is 26.0 Å². The summed E-state index contributed by atoms with van der Waals surface area (Å²) in [6, 6.07) is 2.54. The van der Waals surface area contributed by atoms with Crippen LogP contribution in [0.5, 0.6) is 0 Å². The highest BCUT2D eigenvalue weighted by Gasteiger charge is 2.37. The van der Waals surface area contributed by atoms with Crippen molar-refractivity contribution in [3.05, 3.63) is 52.4 Å². The first-order valence-electron chi connectivity index (χ1n) is 6.83. The van der Waals surface area contributed by atoms with E-state index in [1.54, 1.807) is 0 Å². The quantitative estimate of drug-likeness (QED) is 0.535. The minimum absolute atomic E-state index is 0.0203.